The number of aromatic nitrogens is 1. The van der Waals surface area contributed by atoms with Crippen LogP contribution in [0.1, 0.15) is 63.1 Å². The number of carbonyl (C=O) groups is 2. The molecular weight excluding hydrogens is 392 g/mol. The largest absolute Gasteiger partial charge is 0.455 e. The number of para-hydroxylation sites is 1. The number of rotatable bonds is 5. The monoisotopic (exact) mass is 416 g/mol. The first-order valence-corrected chi connectivity index (χ1v) is 10.4. The zero-order chi connectivity index (χ0) is 21.8. The lowest BCUT2D eigenvalue weighted by molar-refractivity contribution is 0.0953. The molecule has 31 heavy (non-hydrogen) atoms. The van der Waals surface area contributed by atoms with E-state index in [0.29, 0.717) is 12.0 Å². The summed E-state index contributed by atoms with van der Waals surface area (Å²) in [6.45, 7) is 3.90. The van der Waals surface area contributed by atoms with Crippen LogP contribution in [0.25, 0.3) is 0 Å². The van der Waals surface area contributed by atoms with Crippen LogP contribution in [0.15, 0.2) is 58.3 Å². The van der Waals surface area contributed by atoms with E-state index in [4.69, 9.17) is 4.42 Å². The van der Waals surface area contributed by atoms with Crippen molar-refractivity contribution in [2.75, 3.05) is 5.32 Å². The van der Waals surface area contributed by atoms with E-state index in [1.54, 1.807) is 24.5 Å². The van der Waals surface area contributed by atoms with Crippen LogP contribution < -0.4 is 10.7 Å². The Morgan fingerprint density at radius 3 is 2.65 bits per heavy atom. The molecule has 0 atom stereocenters. The molecule has 0 bridgehead atoms. The van der Waals surface area contributed by atoms with Crippen molar-refractivity contribution in [2.24, 2.45) is 5.10 Å². The number of furan rings is 1. The number of hydrazone groups is 1. The minimum Gasteiger partial charge on any atom is -0.455 e. The lowest BCUT2D eigenvalue weighted by Crippen LogP contribution is -2.22. The van der Waals surface area contributed by atoms with Gasteiger partial charge in [0.15, 0.2) is 5.76 Å². The molecule has 2 aromatic heterocycles. The molecule has 7 nitrogen and oxygen atoms in total. The number of carbonyl (C=O) groups excluding carboxylic acids is 2. The van der Waals surface area contributed by atoms with Crippen LogP contribution in [-0.4, -0.2) is 22.5 Å². The molecule has 1 aliphatic carbocycles. The Kier molecular flexibility index (Phi) is 5.93. The molecule has 4 rings (SSSR count). The molecule has 2 N–H and O–H groups in total. The highest BCUT2D eigenvalue weighted by molar-refractivity contribution is 6.09. The molecule has 0 radical (unpaired) electrons. The van der Waals surface area contributed by atoms with Crippen molar-refractivity contribution in [1.82, 2.24) is 10.4 Å². The van der Waals surface area contributed by atoms with E-state index >= 15 is 0 Å². The Labute approximate surface area is 180 Å². The normalized spacial score (nSPS) is 14.2. The number of hydrogen-bond donors (Lipinski definition) is 2. The molecule has 1 aromatic carbocycles. The van der Waals surface area contributed by atoms with E-state index in [1.165, 1.54) is 0 Å². The van der Waals surface area contributed by atoms with Crippen LogP contribution in [0.5, 0.6) is 0 Å². The van der Waals surface area contributed by atoms with E-state index in [0.717, 1.165) is 53.1 Å². The fraction of sp³-hybridized carbons (Fsp3) is 0.250. The number of hydrogen-bond acceptors (Lipinski definition) is 5. The van der Waals surface area contributed by atoms with Crippen molar-refractivity contribution in [2.45, 2.75) is 39.5 Å². The van der Waals surface area contributed by atoms with Gasteiger partial charge in [-0.25, -0.2) is 5.43 Å². The van der Waals surface area contributed by atoms with Crippen molar-refractivity contribution >= 4 is 23.2 Å². The van der Waals surface area contributed by atoms with Crippen LogP contribution in [0.4, 0.5) is 5.69 Å². The average Bonchev–Trinajstić information content (AvgIpc) is 3.15. The number of fused-ring (bicyclic) bond motifs is 1. The van der Waals surface area contributed by atoms with E-state index in [2.05, 4.69) is 20.8 Å². The Bertz CT molecular complexity index is 1150. The Hall–Kier alpha value is -3.74. The van der Waals surface area contributed by atoms with Gasteiger partial charge >= 0.3 is 0 Å². The van der Waals surface area contributed by atoms with Gasteiger partial charge in [0.25, 0.3) is 11.8 Å². The number of nitrogens with zero attached hydrogens (tertiary/aromatic N) is 2. The third-order valence-corrected chi connectivity index (χ3v) is 5.41. The summed E-state index contributed by atoms with van der Waals surface area (Å²) in [5.41, 5.74) is 7.20. The van der Waals surface area contributed by atoms with Crippen LogP contribution in [-0.2, 0) is 12.8 Å². The highest BCUT2D eigenvalue weighted by Gasteiger charge is 2.28. The highest BCUT2D eigenvalue weighted by atomic mass is 16.4. The average molecular weight is 416 g/mol. The molecule has 0 unspecified atom stereocenters. The van der Waals surface area contributed by atoms with Crippen molar-refractivity contribution in [1.29, 1.82) is 0 Å². The first-order valence-electron chi connectivity index (χ1n) is 10.4. The standard InChI is InChI=1S/C24H24N4O3/c1-3-16-7-4-5-8-18(16)26-24(30)22-15(2)21-19(9-6-10-20(21)31-22)27-28-23(29)17-11-13-25-14-12-17/h4-5,7-8,11-14H,3,6,9-10H2,1-2H3,(H,26,30)(H,28,29)/b27-19+. The summed E-state index contributed by atoms with van der Waals surface area (Å²) < 4.78 is 5.95. The van der Waals surface area contributed by atoms with Crippen molar-refractivity contribution < 1.29 is 14.0 Å². The third kappa shape index (κ3) is 4.26. The molecule has 0 aliphatic heterocycles. The van der Waals surface area contributed by atoms with E-state index in [-0.39, 0.29) is 17.6 Å². The Balaban J connectivity index is 1.58. The third-order valence-electron chi connectivity index (χ3n) is 5.41. The molecule has 0 spiro atoms. The van der Waals surface area contributed by atoms with Gasteiger partial charge in [0, 0.05) is 41.2 Å². The van der Waals surface area contributed by atoms with Gasteiger partial charge in [-0.2, -0.15) is 5.10 Å². The lowest BCUT2D eigenvalue weighted by Gasteiger charge is -2.13. The predicted molar refractivity (Wildman–Crippen MR) is 118 cm³/mol. The maximum atomic E-state index is 13.0. The number of pyridine rings is 1. The second kappa shape index (κ2) is 8.95. The summed E-state index contributed by atoms with van der Waals surface area (Å²) in [6.07, 6.45) is 6.20. The molecule has 0 saturated heterocycles. The first kappa shape index (κ1) is 20.5. The number of anilines is 1. The number of nitrogens with one attached hydrogen (secondary N) is 2. The molecule has 3 aromatic rings. The topological polar surface area (TPSA) is 96.6 Å². The Morgan fingerprint density at radius 2 is 1.87 bits per heavy atom. The summed E-state index contributed by atoms with van der Waals surface area (Å²) in [4.78, 5) is 29.2. The van der Waals surface area contributed by atoms with Crippen molar-refractivity contribution in [3.63, 3.8) is 0 Å². The van der Waals surface area contributed by atoms with Gasteiger partial charge in [-0.1, -0.05) is 25.1 Å². The van der Waals surface area contributed by atoms with Crippen molar-refractivity contribution in [3.05, 3.63) is 82.6 Å². The van der Waals surface area contributed by atoms with Gasteiger partial charge in [-0.15, -0.1) is 0 Å². The number of benzene rings is 1. The van der Waals surface area contributed by atoms with Crippen LogP contribution in [0.2, 0.25) is 0 Å². The molecule has 2 amide bonds. The molecule has 1 aliphatic rings. The zero-order valence-electron chi connectivity index (χ0n) is 17.6. The second-order valence-corrected chi connectivity index (χ2v) is 7.41. The molecular formula is C24H24N4O3. The summed E-state index contributed by atoms with van der Waals surface area (Å²) >= 11 is 0. The molecule has 158 valence electrons. The van der Waals surface area contributed by atoms with Gasteiger partial charge in [-0.3, -0.25) is 14.6 Å². The van der Waals surface area contributed by atoms with Gasteiger partial charge in [0.2, 0.25) is 0 Å². The molecule has 0 fully saturated rings. The molecule has 7 heteroatoms. The van der Waals surface area contributed by atoms with E-state index in [9.17, 15) is 9.59 Å². The lowest BCUT2D eigenvalue weighted by atomic mass is 9.93. The molecule has 0 saturated carbocycles. The van der Waals surface area contributed by atoms with Crippen LogP contribution in [0.3, 0.4) is 0 Å². The van der Waals surface area contributed by atoms with E-state index in [1.807, 2.05) is 38.1 Å². The minimum atomic E-state index is -0.308. The van der Waals surface area contributed by atoms with E-state index < -0.39 is 0 Å². The summed E-state index contributed by atoms with van der Waals surface area (Å²) in [7, 11) is 0. The minimum absolute atomic E-state index is 0.283. The maximum Gasteiger partial charge on any atom is 0.291 e. The summed E-state index contributed by atoms with van der Waals surface area (Å²) in [5.74, 6) is 0.422. The van der Waals surface area contributed by atoms with Crippen LogP contribution in [0, 0.1) is 6.92 Å². The number of amides is 2. The number of aryl methyl sites for hydroxylation is 2. The Morgan fingerprint density at radius 1 is 1.10 bits per heavy atom. The summed E-state index contributed by atoms with van der Waals surface area (Å²) in [6, 6.07) is 11.0. The van der Waals surface area contributed by atoms with Crippen LogP contribution >= 0.6 is 0 Å². The first-order chi connectivity index (χ1) is 15.1. The quantitative estimate of drug-likeness (QED) is 0.607. The predicted octanol–water partition coefficient (Wildman–Crippen LogP) is 4.27. The SMILES string of the molecule is CCc1ccccc1NC(=O)c1oc2c(c1C)/C(=N/NC(=O)c1ccncc1)CCC2. The van der Waals surface area contributed by atoms with Gasteiger partial charge in [0.1, 0.15) is 5.76 Å². The smallest absolute Gasteiger partial charge is 0.291 e. The van der Waals surface area contributed by atoms with Gasteiger partial charge in [-0.05, 0) is 49.9 Å². The van der Waals surface area contributed by atoms with Gasteiger partial charge in [0.05, 0.1) is 5.71 Å². The fourth-order valence-electron chi connectivity index (χ4n) is 3.81. The fourth-order valence-corrected chi connectivity index (χ4v) is 3.81. The maximum absolute atomic E-state index is 13.0. The highest BCUT2D eigenvalue weighted by Crippen LogP contribution is 2.30. The second-order valence-electron chi connectivity index (χ2n) is 7.41. The molecule has 2 heterocycles. The zero-order valence-corrected chi connectivity index (χ0v) is 17.6. The van der Waals surface area contributed by atoms with Crippen molar-refractivity contribution in [3.8, 4) is 0 Å². The van der Waals surface area contributed by atoms with Gasteiger partial charge < -0.3 is 9.73 Å². The summed E-state index contributed by atoms with van der Waals surface area (Å²) in [5, 5.41) is 7.32.